The topological polar surface area (TPSA) is 119 Å². The maximum Gasteiger partial charge on any atom is 0.396 e. The van der Waals surface area contributed by atoms with Gasteiger partial charge in [0.1, 0.15) is 16.4 Å². The highest BCUT2D eigenvalue weighted by Gasteiger charge is 2.31. The van der Waals surface area contributed by atoms with E-state index in [-0.39, 0.29) is 49.5 Å². The normalized spacial score (nSPS) is 13.6. The van der Waals surface area contributed by atoms with E-state index in [1.165, 1.54) is 30.3 Å². The fraction of sp³-hybridized carbons (Fsp3) is 0.263. The number of carbonyl (C=O) groups is 2. The van der Waals surface area contributed by atoms with E-state index in [1.807, 2.05) is 0 Å². The molecule has 2 aromatic carbocycles. The number of hydrogen-bond acceptors (Lipinski definition) is 7. The molecule has 0 aliphatic heterocycles. The monoisotopic (exact) mass is 473 g/mol. The zero-order valence-corrected chi connectivity index (χ0v) is 18.0. The number of ether oxygens (including phenoxy) is 2. The SMILES string of the molecule is COC(=O)C(=O)Nc1cc(Cl)c(Oc2ccc(O)c(S(=O)(=O)CC3CC3)c2)c(Cl)c1. The van der Waals surface area contributed by atoms with Crippen LogP contribution >= 0.6 is 23.2 Å². The fourth-order valence-corrected chi connectivity index (χ4v) is 4.99. The molecule has 1 aliphatic carbocycles. The van der Waals surface area contributed by atoms with Crippen LogP contribution in [0.4, 0.5) is 5.69 Å². The van der Waals surface area contributed by atoms with Crippen molar-refractivity contribution in [2.75, 3.05) is 18.2 Å². The second kappa shape index (κ2) is 8.71. The van der Waals surface area contributed by atoms with Crippen LogP contribution in [0.3, 0.4) is 0 Å². The van der Waals surface area contributed by atoms with Crippen LogP contribution in [0.2, 0.25) is 10.0 Å². The number of anilines is 1. The Labute approximate surface area is 182 Å². The van der Waals surface area contributed by atoms with E-state index in [4.69, 9.17) is 27.9 Å². The Morgan fingerprint density at radius 3 is 2.37 bits per heavy atom. The Morgan fingerprint density at radius 2 is 1.80 bits per heavy atom. The first-order valence-corrected chi connectivity index (χ1v) is 11.1. The maximum atomic E-state index is 12.5. The Kier molecular flexibility index (Phi) is 6.44. The van der Waals surface area contributed by atoms with Crippen molar-refractivity contribution in [1.82, 2.24) is 0 Å². The van der Waals surface area contributed by atoms with Crippen LogP contribution in [-0.2, 0) is 24.2 Å². The number of nitrogens with one attached hydrogen (secondary N) is 1. The average molecular weight is 474 g/mol. The molecule has 30 heavy (non-hydrogen) atoms. The summed E-state index contributed by atoms with van der Waals surface area (Å²) in [6, 6.07) is 6.38. The van der Waals surface area contributed by atoms with Gasteiger partial charge in [0.05, 0.1) is 22.9 Å². The third-order valence-electron chi connectivity index (χ3n) is 4.27. The average Bonchev–Trinajstić information content (AvgIpc) is 3.48. The van der Waals surface area contributed by atoms with Crippen LogP contribution in [0.5, 0.6) is 17.2 Å². The van der Waals surface area contributed by atoms with Crippen LogP contribution in [0.1, 0.15) is 12.8 Å². The Bertz CT molecular complexity index is 1090. The quantitative estimate of drug-likeness (QED) is 0.483. The molecule has 3 rings (SSSR count). The van der Waals surface area contributed by atoms with Gasteiger partial charge in [-0.15, -0.1) is 0 Å². The molecule has 0 unspecified atom stereocenters. The molecule has 1 amide bonds. The van der Waals surface area contributed by atoms with Gasteiger partial charge >= 0.3 is 11.9 Å². The fourth-order valence-electron chi connectivity index (χ4n) is 2.61. The zero-order chi connectivity index (χ0) is 22.1. The van der Waals surface area contributed by atoms with Gasteiger partial charge in [-0.05, 0) is 43.0 Å². The number of methoxy groups -OCH3 is 1. The standard InChI is InChI=1S/C19H17Cl2NO7S/c1-28-19(25)18(24)22-11-6-13(20)17(14(21)7-11)29-12-4-5-15(23)16(8-12)30(26,27)9-10-2-3-10/h4-8,10,23H,2-3,9H2,1H3,(H,22,24). The first-order valence-electron chi connectivity index (χ1n) is 8.72. The molecule has 8 nitrogen and oxygen atoms in total. The number of aromatic hydroxyl groups is 1. The van der Waals surface area contributed by atoms with Crippen molar-refractivity contribution in [2.24, 2.45) is 5.92 Å². The van der Waals surface area contributed by atoms with Crippen molar-refractivity contribution in [2.45, 2.75) is 17.7 Å². The number of hydrogen-bond donors (Lipinski definition) is 2. The van der Waals surface area contributed by atoms with Gasteiger partial charge in [0.2, 0.25) is 0 Å². The molecule has 0 bridgehead atoms. The highest BCUT2D eigenvalue weighted by Crippen LogP contribution is 2.41. The summed E-state index contributed by atoms with van der Waals surface area (Å²) in [5.41, 5.74) is 0.131. The molecular formula is C19H17Cl2NO7S. The summed E-state index contributed by atoms with van der Waals surface area (Å²) in [6.45, 7) is 0. The minimum absolute atomic E-state index is 0.00173. The van der Waals surface area contributed by atoms with Crippen LogP contribution in [0.15, 0.2) is 35.2 Å². The van der Waals surface area contributed by atoms with Gasteiger partial charge in [-0.3, -0.25) is 4.79 Å². The summed E-state index contributed by atoms with van der Waals surface area (Å²) in [7, 11) is -2.62. The molecule has 1 fully saturated rings. The number of esters is 1. The molecule has 11 heteroatoms. The highest BCUT2D eigenvalue weighted by atomic mass is 35.5. The van der Waals surface area contributed by atoms with Crippen molar-refractivity contribution in [3.05, 3.63) is 40.4 Å². The number of amides is 1. The van der Waals surface area contributed by atoms with Gasteiger partial charge in [0, 0.05) is 11.8 Å². The van der Waals surface area contributed by atoms with E-state index in [1.54, 1.807) is 0 Å². The van der Waals surface area contributed by atoms with Gasteiger partial charge < -0.3 is 19.9 Å². The smallest absolute Gasteiger partial charge is 0.396 e. The van der Waals surface area contributed by atoms with Gasteiger partial charge in [0.15, 0.2) is 15.6 Å². The summed E-state index contributed by atoms with van der Waals surface area (Å²) < 4.78 is 35.0. The van der Waals surface area contributed by atoms with Crippen molar-refractivity contribution >= 4 is 50.6 Å². The number of sulfone groups is 1. The molecule has 0 radical (unpaired) electrons. The van der Waals surface area contributed by atoms with Crippen molar-refractivity contribution < 1.29 is 32.6 Å². The van der Waals surface area contributed by atoms with Crippen molar-refractivity contribution in [3.8, 4) is 17.2 Å². The Morgan fingerprint density at radius 1 is 1.17 bits per heavy atom. The van der Waals surface area contributed by atoms with E-state index in [9.17, 15) is 23.1 Å². The predicted octanol–water partition coefficient (Wildman–Crippen LogP) is 3.79. The summed E-state index contributed by atoms with van der Waals surface area (Å²) in [5, 5.41) is 12.3. The minimum Gasteiger partial charge on any atom is -0.507 e. The lowest BCUT2D eigenvalue weighted by molar-refractivity contribution is -0.150. The lowest BCUT2D eigenvalue weighted by Gasteiger charge is -2.13. The predicted molar refractivity (Wildman–Crippen MR) is 110 cm³/mol. The Hall–Kier alpha value is -2.49. The van der Waals surface area contributed by atoms with E-state index in [2.05, 4.69) is 10.1 Å². The molecule has 0 atom stereocenters. The minimum atomic E-state index is -3.68. The summed E-state index contributed by atoms with van der Waals surface area (Å²) >= 11 is 12.3. The molecule has 0 aromatic heterocycles. The lowest BCUT2D eigenvalue weighted by atomic mass is 10.2. The summed E-state index contributed by atoms with van der Waals surface area (Å²) in [5.74, 6) is -2.31. The van der Waals surface area contributed by atoms with Crippen molar-refractivity contribution in [1.29, 1.82) is 0 Å². The molecule has 0 spiro atoms. The second-order valence-electron chi connectivity index (χ2n) is 6.67. The zero-order valence-electron chi connectivity index (χ0n) is 15.6. The third-order valence-corrected chi connectivity index (χ3v) is 6.73. The largest absolute Gasteiger partial charge is 0.507 e. The molecule has 0 heterocycles. The molecule has 1 saturated carbocycles. The number of carbonyl (C=O) groups excluding carboxylic acids is 2. The van der Waals surface area contributed by atoms with Crippen molar-refractivity contribution in [3.63, 3.8) is 0 Å². The maximum absolute atomic E-state index is 12.5. The van der Waals surface area contributed by atoms with Crippen LogP contribution < -0.4 is 10.1 Å². The van der Waals surface area contributed by atoms with Gasteiger partial charge in [0.25, 0.3) is 0 Å². The molecule has 2 N–H and O–H groups in total. The lowest BCUT2D eigenvalue weighted by Crippen LogP contribution is -2.23. The highest BCUT2D eigenvalue weighted by molar-refractivity contribution is 7.91. The van der Waals surface area contributed by atoms with Gasteiger partial charge in [-0.1, -0.05) is 23.2 Å². The number of rotatable bonds is 6. The Balaban J connectivity index is 1.85. The van der Waals surface area contributed by atoms with Crippen LogP contribution in [0.25, 0.3) is 0 Å². The first kappa shape index (κ1) is 22.2. The number of phenols is 1. The van der Waals surface area contributed by atoms with E-state index in [0.717, 1.165) is 20.0 Å². The molecule has 2 aromatic rings. The molecule has 1 aliphatic rings. The van der Waals surface area contributed by atoms with Crippen LogP contribution in [-0.4, -0.2) is 38.3 Å². The first-order chi connectivity index (χ1) is 14.1. The number of benzene rings is 2. The van der Waals surface area contributed by atoms with E-state index < -0.39 is 21.7 Å². The van der Waals surface area contributed by atoms with Gasteiger partial charge in [-0.2, -0.15) is 0 Å². The summed E-state index contributed by atoms with van der Waals surface area (Å²) in [4.78, 5) is 22.6. The van der Waals surface area contributed by atoms with Crippen LogP contribution in [0, 0.1) is 5.92 Å². The summed E-state index contributed by atoms with van der Waals surface area (Å²) in [6.07, 6.45) is 1.69. The molecular weight excluding hydrogens is 457 g/mol. The molecule has 0 saturated heterocycles. The number of halogens is 2. The second-order valence-corrected chi connectivity index (χ2v) is 9.49. The molecule has 160 valence electrons. The van der Waals surface area contributed by atoms with E-state index in [0.29, 0.717) is 0 Å². The van der Waals surface area contributed by atoms with E-state index >= 15 is 0 Å². The third kappa shape index (κ3) is 5.16. The van der Waals surface area contributed by atoms with Gasteiger partial charge in [-0.25, -0.2) is 13.2 Å². The number of phenolic OH excluding ortho intramolecular Hbond substituents is 1.